The van der Waals surface area contributed by atoms with Gasteiger partial charge in [-0.3, -0.25) is 13.9 Å². The standard InChI is InChI=1S/C31H38FN3O4S/c1-6-7-18-33-31(37)25(5)34(20-26-10-8-9-11-28(26)32)30(36)21-35(29-17-14-23(3)19-24(29)4)40(38,39)27-15-12-22(2)13-16-27/h8-17,19,25H,6-7,18,20-21H2,1-5H3,(H,33,37)/t25-/m1/s1. The highest BCUT2D eigenvalue weighted by molar-refractivity contribution is 7.92. The number of aryl methyl sites for hydroxylation is 3. The largest absolute Gasteiger partial charge is 0.354 e. The first-order chi connectivity index (χ1) is 18.9. The van der Waals surface area contributed by atoms with Gasteiger partial charge in [-0.1, -0.05) is 66.9 Å². The predicted molar refractivity (Wildman–Crippen MR) is 156 cm³/mol. The Bertz CT molecular complexity index is 1440. The number of hydrogen-bond acceptors (Lipinski definition) is 4. The van der Waals surface area contributed by atoms with Crippen LogP contribution in [-0.4, -0.2) is 44.3 Å². The minimum absolute atomic E-state index is 0.0388. The van der Waals surface area contributed by atoms with Gasteiger partial charge in [0.25, 0.3) is 10.0 Å². The average Bonchev–Trinajstić information content (AvgIpc) is 2.91. The average molecular weight is 568 g/mol. The number of halogens is 1. The van der Waals surface area contributed by atoms with Crippen LogP contribution in [0, 0.1) is 26.6 Å². The summed E-state index contributed by atoms with van der Waals surface area (Å²) in [6.07, 6.45) is 1.66. The molecule has 0 saturated carbocycles. The third-order valence-corrected chi connectivity index (χ3v) is 8.58. The summed E-state index contributed by atoms with van der Waals surface area (Å²) >= 11 is 0. The Labute approximate surface area is 237 Å². The van der Waals surface area contributed by atoms with Gasteiger partial charge in [-0.05, 0) is 63.9 Å². The lowest BCUT2D eigenvalue weighted by atomic mass is 10.1. The molecular formula is C31H38FN3O4S. The first kappa shape index (κ1) is 30.8. The van der Waals surface area contributed by atoms with Gasteiger partial charge in [0.15, 0.2) is 0 Å². The zero-order chi connectivity index (χ0) is 29.4. The van der Waals surface area contributed by atoms with E-state index in [4.69, 9.17) is 0 Å². The minimum atomic E-state index is -4.17. The van der Waals surface area contributed by atoms with E-state index in [1.54, 1.807) is 56.3 Å². The highest BCUT2D eigenvalue weighted by atomic mass is 32.2. The molecule has 3 aromatic carbocycles. The van der Waals surface area contributed by atoms with Crippen molar-refractivity contribution in [2.24, 2.45) is 0 Å². The number of hydrogen-bond donors (Lipinski definition) is 1. The van der Waals surface area contributed by atoms with Gasteiger partial charge in [0.05, 0.1) is 10.6 Å². The number of nitrogens with zero attached hydrogens (tertiary/aromatic N) is 2. The molecular weight excluding hydrogens is 529 g/mol. The van der Waals surface area contributed by atoms with Crippen LogP contribution in [-0.2, 0) is 26.2 Å². The normalized spacial score (nSPS) is 12.1. The van der Waals surface area contributed by atoms with Crippen molar-refractivity contribution in [1.82, 2.24) is 10.2 Å². The Hall–Kier alpha value is -3.72. The summed E-state index contributed by atoms with van der Waals surface area (Å²) in [5.41, 5.74) is 3.09. The fourth-order valence-corrected chi connectivity index (χ4v) is 5.84. The second-order valence-electron chi connectivity index (χ2n) is 10.0. The van der Waals surface area contributed by atoms with Gasteiger partial charge >= 0.3 is 0 Å². The van der Waals surface area contributed by atoms with E-state index in [1.165, 1.54) is 23.1 Å². The van der Waals surface area contributed by atoms with Gasteiger partial charge in [0.1, 0.15) is 18.4 Å². The summed E-state index contributed by atoms with van der Waals surface area (Å²) in [5.74, 6) is -1.54. The number of amides is 2. The third-order valence-electron chi connectivity index (χ3n) is 6.80. The Morgan fingerprint density at radius 2 is 1.60 bits per heavy atom. The number of nitrogens with one attached hydrogen (secondary N) is 1. The molecule has 0 aromatic heterocycles. The fourth-order valence-electron chi connectivity index (χ4n) is 4.36. The molecule has 3 aromatic rings. The minimum Gasteiger partial charge on any atom is -0.354 e. The van der Waals surface area contributed by atoms with Crippen molar-refractivity contribution in [1.29, 1.82) is 0 Å². The highest BCUT2D eigenvalue weighted by Gasteiger charge is 2.33. The van der Waals surface area contributed by atoms with Crippen LogP contribution >= 0.6 is 0 Å². The number of anilines is 1. The predicted octanol–water partition coefficient (Wildman–Crippen LogP) is 5.28. The molecule has 0 radical (unpaired) electrons. The van der Waals surface area contributed by atoms with E-state index in [0.717, 1.165) is 28.3 Å². The first-order valence-corrected chi connectivity index (χ1v) is 14.9. The molecule has 0 fully saturated rings. The van der Waals surface area contributed by atoms with Crippen molar-refractivity contribution >= 4 is 27.5 Å². The van der Waals surface area contributed by atoms with Crippen molar-refractivity contribution in [3.8, 4) is 0 Å². The maximum Gasteiger partial charge on any atom is 0.264 e. The second kappa shape index (κ2) is 13.6. The van der Waals surface area contributed by atoms with E-state index in [-0.39, 0.29) is 17.0 Å². The fraction of sp³-hybridized carbons (Fsp3) is 0.355. The summed E-state index contributed by atoms with van der Waals surface area (Å²) in [4.78, 5) is 28.2. The van der Waals surface area contributed by atoms with Crippen LogP contribution in [0.2, 0.25) is 0 Å². The molecule has 214 valence electrons. The zero-order valence-corrected chi connectivity index (χ0v) is 24.6. The molecule has 7 nitrogen and oxygen atoms in total. The quantitative estimate of drug-likeness (QED) is 0.302. The van der Waals surface area contributed by atoms with Crippen LogP contribution in [0.4, 0.5) is 10.1 Å². The van der Waals surface area contributed by atoms with E-state index in [1.807, 2.05) is 26.8 Å². The molecule has 1 atom stereocenters. The van der Waals surface area contributed by atoms with E-state index in [0.29, 0.717) is 17.8 Å². The molecule has 0 unspecified atom stereocenters. The summed E-state index contributed by atoms with van der Waals surface area (Å²) in [5, 5.41) is 2.82. The van der Waals surface area contributed by atoms with Crippen molar-refractivity contribution in [3.05, 3.63) is 94.8 Å². The van der Waals surface area contributed by atoms with Gasteiger partial charge in [-0.2, -0.15) is 0 Å². The molecule has 2 amide bonds. The lowest BCUT2D eigenvalue weighted by Gasteiger charge is -2.32. The molecule has 9 heteroatoms. The van der Waals surface area contributed by atoms with E-state index in [2.05, 4.69) is 5.32 Å². The summed E-state index contributed by atoms with van der Waals surface area (Å²) in [6, 6.07) is 16.8. The van der Waals surface area contributed by atoms with Gasteiger partial charge in [0, 0.05) is 18.7 Å². The van der Waals surface area contributed by atoms with Crippen LogP contribution < -0.4 is 9.62 Å². The second-order valence-corrected chi connectivity index (χ2v) is 11.9. The van der Waals surface area contributed by atoms with E-state index in [9.17, 15) is 22.4 Å². The third kappa shape index (κ3) is 7.47. The molecule has 40 heavy (non-hydrogen) atoms. The molecule has 0 bridgehead atoms. The molecule has 0 aliphatic carbocycles. The SMILES string of the molecule is CCCCNC(=O)[C@@H](C)N(Cc1ccccc1F)C(=O)CN(c1ccc(C)cc1C)S(=O)(=O)c1ccc(C)cc1. The molecule has 0 spiro atoms. The van der Waals surface area contributed by atoms with Crippen molar-refractivity contribution in [2.75, 3.05) is 17.4 Å². The molecule has 0 aliphatic rings. The van der Waals surface area contributed by atoms with Crippen molar-refractivity contribution < 1.29 is 22.4 Å². The number of rotatable bonds is 12. The monoisotopic (exact) mass is 567 g/mol. The van der Waals surface area contributed by atoms with Gasteiger partial charge in [-0.15, -0.1) is 0 Å². The molecule has 0 saturated heterocycles. The van der Waals surface area contributed by atoms with Crippen LogP contribution in [0.15, 0.2) is 71.6 Å². The summed E-state index contributed by atoms with van der Waals surface area (Å²) in [6.45, 7) is 8.78. The summed E-state index contributed by atoms with van der Waals surface area (Å²) < 4.78 is 43.6. The zero-order valence-electron chi connectivity index (χ0n) is 23.8. The molecule has 0 heterocycles. The topological polar surface area (TPSA) is 86.8 Å². The van der Waals surface area contributed by atoms with Gasteiger partial charge < -0.3 is 10.2 Å². The van der Waals surface area contributed by atoms with Gasteiger partial charge in [0.2, 0.25) is 11.8 Å². The smallest absolute Gasteiger partial charge is 0.264 e. The number of carbonyl (C=O) groups is 2. The molecule has 1 N–H and O–H groups in total. The molecule has 3 rings (SSSR count). The van der Waals surface area contributed by atoms with Crippen molar-refractivity contribution in [2.45, 2.75) is 64.9 Å². The first-order valence-electron chi connectivity index (χ1n) is 13.4. The number of carbonyl (C=O) groups excluding carboxylic acids is 2. The van der Waals surface area contributed by atoms with E-state index < -0.39 is 40.2 Å². The van der Waals surface area contributed by atoms with Crippen LogP contribution in [0.3, 0.4) is 0 Å². The summed E-state index contributed by atoms with van der Waals surface area (Å²) in [7, 11) is -4.17. The van der Waals surface area contributed by atoms with E-state index >= 15 is 0 Å². The lowest BCUT2D eigenvalue weighted by Crippen LogP contribution is -2.51. The number of sulfonamides is 1. The van der Waals surface area contributed by atoms with Crippen LogP contribution in [0.5, 0.6) is 0 Å². The van der Waals surface area contributed by atoms with Crippen LogP contribution in [0.25, 0.3) is 0 Å². The number of unbranched alkanes of at least 4 members (excludes halogenated alkanes) is 1. The molecule has 0 aliphatic heterocycles. The Balaban J connectivity index is 2.04. The van der Waals surface area contributed by atoms with Gasteiger partial charge in [-0.25, -0.2) is 12.8 Å². The Morgan fingerprint density at radius 3 is 2.23 bits per heavy atom. The Morgan fingerprint density at radius 1 is 0.950 bits per heavy atom. The maximum absolute atomic E-state index is 14.6. The van der Waals surface area contributed by atoms with Crippen molar-refractivity contribution in [3.63, 3.8) is 0 Å². The number of benzene rings is 3. The van der Waals surface area contributed by atoms with Crippen LogP contribution in [0.1, 0.15) is 48.9 Å². The Kier molecular flexibility index (Phi) is 10.5. The highest BCUT2D eigenvalue weighted by Crippen LogP contribution is 2.28. The maximum atomic E-state index is 14.6. The lowest BCUT2D eigenvalue weighted by molar-refractivity contribution is -0.139.